The van der Waals surface area contributed by atoms with Gasteiger partial charge >= 0.3 is 5.97 Å². The highest BCUT2D eigenvalue weighted by Crippen LogP contribution is 2.24. The summed E-state index contributed by atoms with van der Waals surface area (Å²) < 4.78 is 0.653. The fraction of sp³-hybridized carbons (Fsp3) is 0.125. The largest absolute Gasteiger partial charge is 0.478 e. The van der Waals surface area contributed by atoms with Crippen molar-refractivity contribution < 1.29 is 14.7 Å². The Hall–Kier alpha value is -2.14. The highest BCUT2D eigenvalue weighted by atomic mass is 79.9. The van der Waals surface area contributed by atoms with Gasteiger partial charge in [-0.3, -0.25) is 4.79 Å². The lowest BCUT2D eigenvalue weighted by molar-refractivity contribution is -0.116. The summed E-state index contributed by atoms with van der Waals surface area (Å²) >= 11 is 3.30. The molecule has 2 N–H and O–H groups in total. The number of halogens is 1. The lowest BCUT2D eigenvalue weighted by atomic mass is 10.1. The Kier molecular flexibility index (Phi) is 5.11. The molecule has 4 nitrogen and oxygen atoms in total. The van der Waals surface area contributed by atoms with E-state index in [1.807, 2.05) is 30.3 Å². The number of carboxylic acid groups (broad SMARTS) is 1. The van der Waals surface area contributed by atoms with E-state index >= 15 is 0 Å². The number of carboxylic acids is 1. The molecule has 0 bridgehead atoms. The first-order valence-electron chi connectivity index (χ1n) is 6.43. The Morgan fingerprint density at radius 3 is 2.48 bits per heavy atom. The molecule has 0 saturated carbocycles. The Morgan fingerprint density at radius 2 is 1.81 bits per heavy atom. The predicted octanol–water partition coefficient (Wildman–Crippen LogP) is 3.72. The number of rotatable bonds is 5. The van der Waals surface area contributed by atoms with Gasteiger partial charge in [0.05, 0.1) is 11.3 Å². The average Bonchev–Trinajstić information content (AvgIpc) is 2.48. The molecule has 0 aliphatic heterocycles. The number of carbonyl (C=O) groups excluding carboxylic acids is 1. The van der Waals surface area contributed by atoms with E-state index in [1.54, 1.807) is 6.07 Å². The lowest BCUT2D eigenvalue weighted by Crippen LogP contribution is -2.13. The molecule has 2 rings (SSSR count). The summed E-state index contributed by atoms with van der Waals surface area (Å²) in [4.78, 5) is 22.9. The van der Waals surface area contributed by atoms with Crippen molar-refractivity contribution >= 4 is 33.5 Å². The standard InChI is InChI=1S/C16H14BrNO3/c17-13-8-7-12(16(20)21)10-14(13)18-15(19)9-6-11-4-2-1-3-5-11/h1-5,7-8,10H,6,9H2,(H,18,19)(H,20,21). The van der Waals surface area contributed by atoms with Gasteiger partial charge in [-0.25, -0.2) is 4.79 Å². The van der Waals surface area contributed by atoms with E-state index in [0.717, 1.165) is 5.56 Å². The highest BCUT2D eigenvalue weighted by molar-refractivity contribution is 9.10. The quantitative estimate of drug-likeness (QED) is 0.866. The minimum Gasteiger partial charge on any atom is -0.478 e. The average molecular weight is 348 g/mol. The van der Waals surface area contributed by atoms with Crippen molar-refractivity contribution in [1.82, 2.24) is 0 Å². The fourth-order valence-corrected chi connectivity index (χ4v) is 2.22. The molecule has 0 unspecified atom stereocenters. The van der Waals surface area contributed by atoms with Crippen LogP contribution in [0.15, 0.2) is 53.0 Å². The van der Waals surface area contributed by atoms with Gasteiger partial charge in [0, 0.05) is 10.9 Å². The van der Waals surface area contributed by atoms with E-state index in [4.69, 9.17) is 5.11 Å². The van der Waals surface area contributed by atoms with Gasteiger partial charge < -0.3 is 10.4 Å². The first-order chi connectivity index (χ1) is 10.1. The molecule has 0 saturated heterocycles. The second-order valence-electron chi connectivity index (χ2n) is 4.53. The number of carbonyl (C=O) groups is 2. The molecule has 0 atom stereocenters. The fourth-order valence-electron chi connectivity index (χ4n) is 1.87. The van der Waals surface area contributed by atoms with E-state index in [1.165, 1.54) is 12.1 Å². The molecule has 108 valence electrons. The number of nitrogens with one attached hydrogen (secondary N) is 1. The smallest absolute Gasteiger partial charge is 0.335 e. The predicted molar refractivity (Wildman–Crippen MR) is 84.5 cm³/mol. The Morgan fingerprint density at radius 1 is 1.10 bits per heavy atom. The molecule has 2 aromatic rings. The van der Waals surface area contributed by atoms with Gasteiger partial charge in [-0.15, -0.1) is 0 Å². The molecular formula is C16H14BrNO3. The van der Waals surface area contributed by atoms with Crippen LogP contribution in [0.25, 0.3) is 0 Å². The van der Waals surface area contributed by atoms with Gasteiger partial charge in [-0.05, 0) is 46.1 Å². The Labute approximate surface area is 130 Å². The van der Waals surface area contributed by atoms with E-state index < -0.39 is 5.97 Å². The van der Waals surface area contributed by atoms with Crippen molar-refractivity contribution in [3.63, 3.8) is 0 Å². The van der Waals surface area contributed by atoms with Gasteiger partial charge in [-0.1, -0.05) is 30.3 Å². The van der Waals surface area contributed by atoms with Gasteiger partial charge in [0.1, 0.15) is 0 Å². The van der Waals surface area contributed by atoms with Crippen LogP contribution in [-0.4, -0.2) is 17.0 Å². The van der Waals surface area contributed by atoms with Crippen LogP contribution in [0.5, 0.6) is 0 Å². The highest BCUT2D eigenvalue weighted by Gasteiger charge is 2.10. The molecule has 0 aromatic heterocycles. The monoisotopic (exact) mass is 347 g/mol. The van der Waals surface area contributed by atoms with Crippen LogP contribution in [0.1, 0.15) is 22.3 Å². The minimum atomic E-state index is -1.03. The van der Waals surface area contributed by atoms with Crippen LogP contribution < -0.4 is 5.32 Å². The second-order valence-corrected chi connectivity index (χ2v) is 5.39. The summed E-state index contributed by atoms with van der Waals surface area (Å²) in [7, 11) is 0. The van der Waals surface area contributed by atoms with Crippen LogP contribution in [0.3, 0.4) is 0 Å². The van der Waals surface area contributed by atoms with Gasteiger partial charge in [0.2, 0.25) is 5.91 Å². The van der Waals surface area contributed by atoms with E-state index in [2.05, 4.69) is 21.2 Å². The van der Waals surface area contributed by atoms with Crippen molar-refractivity contribution in [3.8, 4) is 0 Å². The molecular weight excluding hydrogens is 334 g/mol. The van der Waals surface area contributed by atoms with Crippen molar-refractivity contribution in [3.05, 3.63) is 64.1 Å². The molecule has 5 heteroatoms. The number of aromatic carboxylic acids is 1. The third-order valence-corrected chi connectivity index (χ3v) is 3.66. The number of hydrogen-bond donors (Lipinski definition) is 2. The molecule has 0 heterocycles. The summed E-state index contributed by atoms with van der Waals surface area (Å²) in [6.07, 6.45) is 0.983. The Balaban J connectivity index is 1.99. The van der Waals surface area contributed by atoms with E-state index in [0.29, 0.717) is 23.0 Å². The number of hydrogen-bond acceptors (Lipinski definition) is 2. The van der Waals surface area contributed by atoms with Crippen molar-refractivity contribution in [1.29, 1.82) is 0 Å². The molecule has 0 aliphatic carbocycles. The third-order valence-electron chi connectivity index (χ3n) is 2.97. The topological polar surface area (TPSA) is 66.4 Å². The van der Waals surface area contributed by atoms with E-state index in [9.17, 15) is 9.59 Å². The van der Waals surface area contributed by atoms with Crippen LogP contribution >= 0.6 is 15.9 Å². The summed E-state index contributed by atoms with van der Waals surface area (Å²) in [5, 5.41) is 11.7. The summed E-state index contributed by atoms with van der Waals surface area (Å²) in [6, 6.07) is 14.2. The zero-order chi connectivity index (χ0) is 15.2. The minimum absolute atomic E-state index is 0.136. The first kappa shape index (κ1) is 15.3. The summed E-state index contributed by atoms with van der Waals surface area (Å²) in [6.45, 7) is 0. The van der Waals surface area contributed by atoms with Crippen LogP contribution in [-0.2, 0) is 11.2 Å². The molecule has 21 heavy (non-hydrogen) atoms. The zero-order valence-electron chi connectivity index (χ0n) is 11.2. The summed E-state index contributed by atoms with van der Waals surface area (Å²) in [5.74, 6) is -1.18. The molecule has 0 aliphatic rings. The number of anilines is 1. The van der Waals surface area contributed by atoms with E-state index in [-0.39, 0.29) is 11.5 Å². The van der Waals surface area contributed by atoms with Crippen LogP contribution in [0, 0.1) is 0 Å². The first-order valence-corrected chi connectivity index (χ1v) is 7.22. The second kappa shape index (κ2) is 7.04. The zero-order valence-corrected chi connectivity index (χ0v) is 12.8. The molecule has 1 amide bonds. The van der Waals surface area contributed by atoms with Crippen molar-refractivity contribution in [2.24, 2.45) is 0 Å². The normalized spacial score (nSPS) is 10.1. The van der Waals surface area contributed by atoms with Crippen LogP contribution in [0.4, 0.5) is 5.69 Å². The molecule has 0 spiro atoms. The van der Waals surface area contributed by atoms with Gasteiger partial charge in [0.25, 0.3) is 0 Å². The maximum atomic E-state index is 11.9. The summed E-state index contributed by atoms with van der Waals surface area (Å²) in [5.41, 5.74) is 1.69. The number of amides is 1. The maximum Gasteiger partial charge on any atom is 0.335 e. The molecule has 0 fully saturated rings. The Bertz CT molecular complexity index is 656. The molecule has 2 aromatic carbocycles. The van der Waals surface area contributed by atoms with Crippen molar-refractivity contribution in [2.75, 3.05) is 5.32 Å². The van der Waals surface area contributed by atoms with Crippen LogP contribution in [0.2, 0.25) is 0 Å². The lowest BCUT2D eigenvalue weighted by Gasteiger charge is -2.08. The van der Waals surface area contributed by atoms with Gasteiger partial charge in [-0.2, -0.15) is 0 Å². The molecule has 0 radical (unpaired) electrons. The maximum absolute atomic E-state index is 11.9. The SMILES string of the molecule is O=C(CCc1ccccc1)Nc1cc(C(=O)O)ccc1Br. The third kappa shape index (κ3) is 4.43. The van der Waals surface area contributed by atoms with Gasteiger partial charge in [0.15, 0.2) is 0 Å². The number of benzene rings is 2. The van der Waals surface area contributed by atoms with Crippen molar-refractivity contribution in [2.45, 2.75) is 12.8 Å². The number of aryl methyl sites for hydroxylation is 1.